The monoisotopic (exact) mass is 280 g/mol. The highest BCUT2D eigenvalue weighted by Gasteiger charge is 2.29. The van der Waals surface area contributed by atoms with Crippen LogP contribution in [0.2, 0.25) is 0 Å². The number of amides is 1. The Morgan fingerprint density at radius 2 is 1.94 bits per heavy atom. The molecule has 0 aliphatic carbocycles. The summed E-state index contributed by atoms with van der Waals surface area (Å²) in [4.78, 5) is 11.4. The lowest BCUT2D eigenvalue weighted by Gasteiger charge is -2.22. The largest absolute Gasteiger partial charge is 0.385 e. The zero-order valence-corrected chi connectivity index (χ0v) is 12.4. The molecule has 0 bridgehead atoms. The van der Waals surface area contributed by atoms with Gasteiger partial charge in [-0.3, -0.25) is 4.79 Å². The number of carbonyl (C=O) groups is 1. The number of carbonyl (C=O) groups excluding carboxylic acids is 1. The van der Waals surface area contributed by atoms with Crippen molar-refractivity contribution in [2.75, 3.05) is 39.6 Å². The highest BCUT2D eigenvalue weighted by Crippen LogP contribution is 2.12. The van der Waals surface area contributed by atoms with Crippen LogP contribution in [0.4, 0.5) is 0 Å². The van der Waals surface area contributed by atoms with E-state index in [1.165, 1.54) is 6.26 Å². The number of nitrogens with one attached hydrogen (secondary N) is 2. The molecule has 0 rings (SSSR count). The Morgan fingerprint density at radius 3 is 2.44 bits per heavy atom. The maximum Gasteiger partial charge on any atom is 0.233 e. The maximum atomic E-state index is 11.4. The number of hydrogen-bond donors (Lipinski definition) is 2. The molecule has 0 fully saturated rings. The van der Waals surface area contributed by atoms with E-state index >= 15 is 0 Å². The van der Waals surface area contributed by atoms with Crippen LogP contribution in [0.15, 0.2) is 0 Å². The lowest BCUT2D eigenvalue weighted by molar-refractivity contribution is -0.120. The molecule has 2 N–H and O–H groups in total. The van der Waals surface area contributed by atoms with Gasteiger partial charge in [-0.1, -0.05) is 0 Å². The van der Waals surface area contributed by atoms with E-state index in [9.17, 15) is 13.2 Å². The summed E-state index contributed by atoms with van der Waals surface area (Å²) in [5.74, 6) is -0.143. The van der Waals surface area contributed by atoms with E-state index in [-0.39, 0.29) is 19.0 Å². The molecular weight excluding hydrogens is 256 g/mol. The lowest BCUT2D eigenvalue weighted by Crippen LogP contribution is -2.45. The van der Waals surface area contributed by atoms with Crippen molar-refractivity contribution in [1.82, 2.24) is 10.6 Å². The predicted octanol–water partition coefficient (Wildman–Crippen LogP) is -0.448. The van der Waals surface area contributed by atoms with Crippen molar-refractivity contribution in [3.05, 3.63) is 0 Å². The number of methoxy groups -OCH3 is 1. The van der Waals surface area contributed by atoms with Gasteiger partial charge in [0.25, 0.3) is 0 Å². The molecule has 0 unspecified atom stereocenters. The maximum absolute atomic E-state index is 11.4. The third-order valence-corrected chi connectivity index (χ3v) is 4.84. The van der Waals surface area contributed by atoms with Crippen molar-refractivity contribution in [1.29, 1.82) is 0 Å². The number of hydrogen-bond acceptors (Lipinski definition) is 5. The van der Waals surface area contributed by atoms with Crippen LogP contribution in [-0.4, -0.2) is 58.7 Å². The van der Waals surface area contributed by atoms with E-state index < -0.39 is 14.6 Å². The minimum atomic E-state index is -3.14. The molecule has 108 valence electrons. The van der Waals surface area contributed by atoms with Gasteiger partial charge in [0.05, 0.1) is 11.3 Å². The molecule has 0 heterocycles. The average molecular weight is 280 g/mol. The molecule has 0 atom stereocenters. The van der Waals surface area contributed by atoms with Gasteiger partial charge >= 0.3 is 0 Å². The van der Waals surface area contributed by atoms with Gasteiger partial charge in [0, 0.05) is 33.1 Å². The first-order chi connectivity index (χ1) is 8.20. The van der Waals surface area contributed by atoms with Crippen molar-refractivity contribution in [3.63, 3.8) is 0 Å². The molecule has 18 heavy (non-hydrogen) atoms. The van der Waals surface area contributed by atoms with Gasteiger partial charge in [-0.25, -0.2) is 8.42 Å². The summed E-state index contributed by atoms with van der Waals surface area (Å²) < 4.78 is 26.8. The average Bonchev–Trinajstić information content (AvgIpc) is 2.22. The van der Waals surface area contributed by atoms with Crippen LogP contribution in [0.5, 0.6) is 0 Å². The number of ether oxygens (including phenoxy) is 1. The Bertz CT molecular complexity index is 352. The van der Waals surface area contributed by atoms with Crippen LogP contribution >= 0.6 is 0 Å². The third kappa shape index (κ3) is 6.93. The van der Waals surface area contributed by atoms with E-state index in [1.54, 1.807) is 21.0 Å². The van der Waals surface area contributed by atoms with Crippen molar-refractivity contribution in [2.24, 2.45) is 0 Å². The van der Waals surface area contributed by atoms with Crippen LogP contribution in [0.3, 0.4) is 0 Å². The van der Waals surface area contributed by atoms with Crippen molar-refractivity contribution >= 4 is 15.7 Å². The first-order valence-electron chi connectivity index (χ1n) is 5.86. The third-order valence-electron chi connectivity index (χ3n) is 2.69. The lowest BCUT2D eigenvalue weighted by atomic mass is 10.2. The van der Waals surface area contributed by atoms with Gasteiger partial charge in [0.1, 0.15) is 0 Å². The molecule has 0 aliphatic rings. The molecule has 0 saturated heterocycles. The Kier molecular flexibility index (Phi) is 7.42. The highest BCUT2D eigenvalue weighted by molar-refractivity contribution is 7.92. The van der Waals surface area contributed by atoms with Crippen LogP contribution in [-0.2, 0) is 19.4 Å². The van der Waals surface area contributed by atoms with E-state index in [0.717, 1.165) is 6.42 Å². The molecule has 0 aromatic carbocycles. The summed E-state index contributed by atoms with van der Waals surface area (Å²) in [7, 11) is -1.53. The van der Waals surface area contributed by atoms with Crippen molar-refractivity contribution in [2.45, 2.75) is 25.0 Å². The van der Waals surface area contributed by atoms with Gasteiger partial charge in [-0.2, -0.15) is 0 Å². The standard InChI is InChI=1S/C11H24N2O4S/c1-11(2,18(4,15)16)9-12-8-10(14)13-6-5-7-17-3/h12H,5-9H2,1-4H3,(H,13,14). The molecule has 0 aromatic heterocycles. The summed E-state index contributed by atoms with van der Waals surface area (Å²) in [5.41, 5.74) is 0. The highest BCUT2D eigenvalue weighted by atomic mass is 32.2. The van der Waals surface area contributed by atoms with Crippen LogP contribution in [0, 0.1) is 0 Å². The zero-order chi connectivity index (χ0) is 14.2. The first-order valence-corrected chi connectivity index (χ1v) is 7.76. The Morgan fingerprint density at radius 1 is 1.33 bits per heavy atom. The molecule has 0 aromatic rings. The fraction of sp³-hybridized carbons (Fsp3) is 0.909. The molecule has 1 amide bonds. The zero-order valence-electron chi connectivity index (χ0n) is 11.6. The fourth-order valence-electron chi connectivity index (χ4n) is 1.11. The van der Waals surface area contributed by atoms with Gasteiger partial charge in [-0.15, -0.1) is 0 Å². The van der Waals surface area contributed by atoms with Gasteiger partial charge in [0.2, 0.25) is 5.91 Å². The van der Waals surface area contributed by atoms with E-state index in [1.807, 2.05) is 0 Å². The molecule has 6 nitrogen and oxygen atoms in total. The number of rotatable bonds is 9. The Labute approximate surface area is 109 Å². The molecule has 0 spiro atoms. The molecule has 0 radical (unpaired) electrons. The smallest absolute Gasteiger partial charge is 0.233 e. The van der Waals surface area contributed by atoms with E-state index in [2.05, 4.69) is 10.6 Å². The summed E-state index contributed by atoms with van der Waals surface area (Å²) in [5, 5.41) is 5.56. The summed E-state index contributed by atoms with van der Waals surface area (Å²) in [6.45, 7) is 4.79. The Hall–Kier alpha value is -0.660. The molecule has 0 aliphatic heterocycles. The topological polar surface area (TPSA) is 84.5 Å². The van der Waals surface area contributed by atoms with Gasteiger partial charge < -0.3 is 15.4 Å². The molecule has 7 heteroatoms. The van der Waals surface area contributed by atoms with Crippen LogP contribution < -0.4 is 10.6 Å². The summed E-state index contributed by atoms with van der Waals surface area (Å²) in [6.07, 6.45) is 1.95. The second-order valence-electron chi connectivity index (χ2n) is 4.83. The second-order valence-corrected chi connectivity index (χ2v) is 7.48. The van der Waals surface area contributed by atoms with Crippen molar-refractivity contribution < 1.29 is 17.9 Å². The van der Waals surface area contributed by atoms with Gasteiger partial charge in [0.15, 0.2) is 9.84 Å². The van der Waals surface area contributed by atoms with Crippen LogP contribution in [0.1, 0.15) is 20.3 Å². The Balaban J connectivity index is 3.81. The van der Waals surface area contributed by atoms with Gasteiger partial charge in [-0.05, 0) is 20.3 Å². The SMILES string of the molecule is COCCCNC(=O)CNCC(C)(C)S(C)(=O)=O. The van der Waals surface area contributed by atoms with E-state index in [0.29, 0.717) is 13.2 Å². The minimum absolute atomic E-state index is 0.117. The molecular formula is C11H24N2O4S. The second kappa shape index (κ2) is 7.70. The normalized spacial score (nSPS) is 12.4. The quantitative estimate of drug-likeness (QED) is 0.559. The fourth-order valence-corrected chi connectivity index (χ4v) is 1.48. The minimum Gasteiger partial charge on any atom is -0.385 e. The first kappa shape index (κ1) is 17.3. The van der Waals surface area contributed by atoms with E-state index in [4.69, 9.17) is 4.74 Å². The summed E-state index contributed by atoms with van der Waals surface area (Å²) in [6, 6.07) is 0. The summed E-state index contributed by atoms with van der Waals surface area (Å²) >= 11 is 0. The molecule has 0 saturated carbocycles. The number of sulfone groups is 1. The van der Waals surface area contributed by atoms with Crippen molar-refractivity contribution in [3.8, 4) is 0 Å². The predicted molar refractivity (Wildman–Crippen MR) is 71.3 cm³/mol. The van der Waals surface area contributed by atoms with Crippen LogP contribution in [0.25, 0.3) is 0 Å².